The number of ether oxygens (including phenoxy) is 1. The number of amides is 1. The molecule has 0 aromatic heterocycles. The van der Waals surface area contributed by atoms with Gasteiger partial charge in [-0.2, -0.15) is 0 Å². The van der Waals surface area contributed by atoms with E-state index in [1.54, 1.807) is 12.1 Å². The molecule has 1 aromatic carbocycles. The van der Waals surface area contributed by atoms with Gasteiger partial charge in [-0.1, -0.05) is 17.7 Å². The van der Waals surface area contributed by atoms with Crippen LogP contribution in [0, 0.1) is 6.92 Å². The first-order valence-corrected chi connectivity index (χ1v) is 7.76. The highest BCUT2D eigenvalue weighted by atomic mass is 32.2. The number of carbonyl (C=O) groups excluding carboxylic acids is 2. The topological polar surface area (TPSA) is 116 Å². The van der Waals surface area contributed by atoms with Crippen LogP contribution in [0.25, 0.3) is 0 Å². The first-order chi connectivity index (χ1) is 9.72. The molecule has 3 N–H and O–H groups in total. The number of esters is 1. The van der Waals surface area contributed by atoms with E-state index in [9.17, 15) is 18.0 Å². The Labute approximate surface area is 123 Å². The zero-order valence-corrected chi connectivity index (χ0v) is 12.6. The smallest absolute Gasteiger partial charge is 0.307 e. The summed E-state index contributed by atoms with van der Waals surface area (Å²) in [5.74, 6) is -1.46. The van der Waals surface area contributed by atoms with Gasteiger partial charge in [-0.05, 0) is 26.0 Å². The van der Waals surface area contributed by atoms with Crippen LogP contribution >= 0.6 is 0 Å². The number of sulfonamides is 1. The maximum Gasteiger partial charge on any atom is 0.307 e. The van der Waals surface area contributed by atoms with Crippen LogP contribution in [-0.2, 0) is 24.3 Å². The molecule has 1 rings (SSSR count). The summed E-state index contributed by atoms with van der Waals surface area (Å²) in [7, 11) is -3.67. The lowest BCUT2D eigenvalue weighted by Crippen LogP contribution is -2.32. The first kappa shape index (κ1) is 17.1. The quantitative estimate of drug-likeness (QED) is 0.692. The molecule has 0 bridgehead atoms. The molecular formula is C13H18N2O5S. The third kappa shape index (κ3) is 5.52. The van der Waals surface area contributed by atoms with Crippen molar-refractivity contribution in [3.8, 4) is 0 Å². The molecule has 1 amide bonds. The fourth-order valence-corrected chi connectivity index (χ4v) is 2.43. The lowest BCUT2D eigenvalue weighted by Gasteiger charge is -2.10. The molecule has 0 aliphatic heterocycles. The molecule has 116 valence electrons. The lowest BCUT2D eigenvalue weighted by atomic mass is 10.2. The van der Waals surface area contributed by atoms with E-state index in [1.807, 2.05) is 6.92 Å². The molecule has 0 aliphatic carbocycles. The summed E-state index contributed by atoms with van der Waals surface area (Å²) < 4.78 is 30.8. The number of primary amides is 1. The van der Waals surface area contributed by atoms with E-state index in [4.69, 9.17) is 10.5 Å². The Balaban J connectivity index is 2.49. The molecule has 0 saturated heterocycles. The van der Waals surface area contributed by atoms with Crippen LogP contribution < -0.4 is 10.5 Å². The van der Waals surface area contributed by atoms with Gasteiger partial charge in [0.1, 0.15) is 0 Å². The number of rotatable bonds is 7. The predicted octanol–water partition coefficient (Wildman–Crippen LogP) is 0.0804. The fraction of sp³-hybridized carbons (Fsp3) is 0.385. The molecular weight excluding hydrogens is 296 g/mol. The van der Waals surface area contributed by atoms with Gasteiger partial charge in [-0.25, -0.2) is 13.1 Å². The third-order valence-corrected chi connectivity index (χ3v) is 4.14. The van der Waals surface area contributed by atoms with E-state index in [0.29, 0.717) is 0 Å². The van der Waals surface area contributed by atoms with E-state index in [1.165, 1.54) is 19.1 Å². The highest BCUT2D eigenvalue weighted by Crippen LogP contribution is 2.09. The molecule has 0 radical (unpaired) electrons. The van der Waals surface area contributed by atoms with Crippen LogP contribution in [0.5, 0.6) is 0 Å². The van der Waals surface area contributed by atoms with Crippen molar-refractivity contribution >= 4 is 21.9 Å². The Bertz CT molecular complexity index is 610. The largest absolute Gasteiger partial charge is 0.453 e. The Morgan fingerprint density at radius 3 is 2.38 bits per heavy atom. The standard InChI is InChI=1S/C13H18N2O5S/c1-9-3-5-11(6-4-9)21(18,19)15-8-7-12(16)20-10(2)13(14)17/h3-6,10,15H,7-8H2,1-2H3,(H2,14,17)/t10-/m1/s1. The SMILES string of the molecule is Cc1ccc(S(=O)(=O)NCCC(=O)O[C@H](C)C(N)=O)cc1. The van der Waals surface area contributed by atoms with E-state index in [0.717, 1.165) is 5.56 Å². The second kappa shape index (κ2) is 7.19. The van der Waals surface area contributed by atoms with E-state index in [2.05, 4.69) is 4.72 Å². The molecule has 0 fully saturated rings. The number of carbonyl (C=O) groups is 2. The van der Waals surface area contributed by atoms with Crippen molar-refractivity contribution in [2.45, 2.75) is 31.3 Å². The average molecular weight is 314 g/mol. The lowest BCUT2D eigenvalue weighted by molar-refractivity contribution is -0.153. The summed E-state index contributed by atoms with van der Waals surface area (Å²) in [6.45, 7) is 3.07. The van der Waals surface area contributed by atoms with Crippen LogP contribution in [-0.4, -0.2) is 32.9 Å². The van der Waals surface area contributed by atoms with Crippen LogP contribution in [0.4, 0.5) is 0 Å². The molecule has 21 heavy (non-hydrogen) atoms. The normalized spacial score (nSPS) is 12.7. The van der Waals surface area contributed by atoms with Gasteiger partial charge in [0.2, 0.25) is 10.0 Å². The number of hydrogen-bond acceptors (Lipinski definition) is 5. The Morgan fingerprint density at radius 1 is 1.29 bits per heavy atom. The second-order valence-corrected chi connectivity index (χ2v) is 6.26. The zero-order chi connectivity index (χ0) is 16.0. The molecule has 0 saturated carbocycles. The van der Waals surface area contributed by atoms with Crippen molar-refractivity contribution in [1.82, 2.24) is 4.72 Å². The summed E-state index contributed by atoms with van der Waals surface area (Å²) in [6.07, 6.45) is -1.23. The van der Waals surface area contributed by atoms with E-state index in [-0.39, 0.29) is 17.9 Å². The maximum atomic E-state index is 11.9. The van der Waals surface area contributed by atoms with Gasteiger partial charge >= 0.3 is 5.97 Å². The first-order valence-electron chi connectivity index (χ1n) is 6.27. The number of hydrogen-bond donors (Lipinski definition) is 2. The van der Waals surface area contributed by atoms with E-state index >= 15 is 0 Å². The summed E-state index contributed by atoms with van der Waals surface area (Å²) >= 11 is 0. The Kier molecular flexibility index (Phi) is 5.86. The molecule has 1 aromatic rings. The fourth-order valence-electron chi connectivity index (χ4n) is 1.40. The molecule has 8 heteroatoms. The Morgan fingerprint density at radius 2 is 1.86 bits per heavy atom. The van der Waals surface area contributed by atoms with Crippen molar-refractivity contribution in [2.75, 3.05) is 6.54 Å². The molecule has 0 heterocycles. The summed E-state index contributed by atoms with van der Waals surface area (Å²) in [5.41, 5.74) is 5.89. The number of aryl methyl sites for hydroxylation is 1. The van der Waals surface area contributed by atoms with Crippen molar-refractivity contribution in [3.05, 3.63) is 29.8 Å². The maximum absolute atomic E-state index is 11.9. The van der Waals surface area contributed by atoms with Crippen molar-refractivity contribution in [1.29, 1.82) is 0 Å². The number of benzene rings is 1. The highest BCUT2D eigenvalue weighted by Gasteiger charge is 2.17. The molecule has 1 atom stereocenters. The summed E-state index contributed by atoms with van der Waals surface area (Å²) in [4.78, 5) is 22.2. The van der Waals surface area contributed by atoms with Gasteiger partial charge in [0.25, 0.3) is 5.91 Å². The molecule has 0 aliphatic rings. The summed E-state index contributed by atoms with van der Waals surface area (Å²) in [6, 6.07) is 6.31. The van der Waals surface area contributed by atoms with Crippen molar-refractivity contribution < 1.29 is 22.7 Å². The minimum Gasteiger partial charge on any atom is -0.453 e. The van der Waals surface area contributed by atoms with Crippen molar-refractivity contribution in [2.24, 2.45) is 5.73 Å². The Hall–Kier alpha value is -1.93. The molecule has 7 nitrogen and oxygen atoms in total. The van der Waals surface area contributed by atoms with Crippen LogP contribution in [0.15, 0.2) is 29.2 Å². The minimum absolute atomic E-state index is 0.118. The minimum atomic E-state index is -3.67. The van der Waals surface area contributed by atoms with Gasteiger partial charge in [0.05, 0.1) is 11.3 Å². The van der Waals surface area contributed by atoms with Gasteiger partial charge in [0, 0.05) is 6.54 Å². The van der Waals surface area contributed by atoms with Crippen LogP contribution in [0.3, 0.4) is 0 Å². The second-order valence-electron chi connectivity index (χ2n) is 4.50. The monoisotopic (exact) mass is 314 g/mol. The van der Waals surface area contributed by atoms with Crippen LogP contribution in [0.1, 0.15) is 18.9 Å². The predicted molar refractivity (Wildman–Crippen MR) is 75.7 cm³/mol. The van der Waals surface area contributed by atoms with Crippen LogP contribution in [0.2, 0.25) is 0 Å². The summed E-state index contributed by atoms with van der Waals surface area (Å²) in [5, 5.41) is 0. The van der Waals surface area contributed by atoms with Crippen molar-refractivity contribution in [3.63, 3.8) is 0 Å². The van der Waals surface area contributed by atoms with Gasteiger partial charge in [-0.3, -0.25) is 9.59 Å². The number of nitrogens with two attached hydrogens (primary N) is 1. The van der Waals surface area contributed by atoms with Gasteiger partial charge in [-0.15, -0.1) is 0 Å². The molecule has 0 spiro atoms. The third-order valence-electron chi connectivity index (χ3n) is 2.66. The zero-order valence-electron chi connectivity index (χ0n) is 11.8. The van der Waals surface area contributed by atoms with Gasteiger partial charge in [0.15, 0.2) is 6.10 Å². The average Bonchev–Trinajstić information content (AvgIpc) is 2.38. The van der Waals surface area contributed by atoms with Gasteiger partial charge < -0.3 is 10.5 Å². The highest BCUT2D eigenvalue weighted by molar-refractivity contribution is 7.89. The number of nitrogens with one attached hydrogen (secondary N) is 1. The van der Waals surface area contributed by atoms with E-state index < -0.39 is 28.0 Å². The molecule has 0 unspecified atom stereocenters.